The number of aliphatic imine (C=N–C) groups is 1. The first kappa shape index (κ1) is 19.9. The van der Waals surface area contributed by atoms with Gasteiger partial charge in [-0.05, 0) is 43.7 Å². The van der Waals surface area contributed by atoms with Gasteiger partial charge in [0, 0.05) is 38.3 Å². The van der Waals surface area contributed by atoms with Crippen LogP contribution in [0.4, 0.5) is 8.78 Å². The second kappa shape index (κ2) is 11.3. The molecule has 142 valence electrons. The van der Waals surface area contributed by atoms with E-state index in [1.54, 1.807) is 6.26 Å². The third kappa shape index (κ3) is 7.23. The zero-order chi connectivity index (χ0) is 18.6. The lowest BCUT2D eigenvalue weighted by molar-refractivity contribution is 0.145. The lowest BCUT2D eigenvalue weighted by Gasteiger charge is -2.12. The number of guanidine groups is 1. The Kier molecular flexibility index (Phi) is 8.62. The van der Waals surface area contributed by atoms with E-state index in [0.717, 1.165) is 30.4 Å². The summed E-state index contributed by atoms with van der Waals surface area (Å²) in [5.41, 5.74) is 0.214. The first-order valence-electron chi connectivity index (χ1n) is 8.75. The fourth-order valence-electron chi connectivity index (χ4n) is 2.29. The van der Waals surface area contributed by atoms with Gasteiger partial charge in [-0.2, -0.15) is 0 Å². The Labute approximate surface area is 152 Å². The van der Waals surface area contributed by atoms with E-state index >= 15 is 0 Å². The molecule has 0 radical (unpaired) electrons. The van der Waals surface area contributed by atoms with Crippen LogP contribution in [0, 0.1) is 11.6 Å². The molecule has 0 aliphatic heterocycles. The van der Waals surface area contributed by atoms with Crippen LogP contribution in [0.5, 0.6) is 0 Å². The van der Waals surface area contributed by atoms with Crippen LogP contribution in [0.3, 0.4) is 0 Å². The summed E-state index contributed by atoms with van der Waals surface area (Å²) in [6.07, 6.45) is 3.14. The second-order valence-electron chi connectivity index (χ2n) is 5.63. The standard InChI is InChI=1S/C19H25F2N3O2/c1-2-25-11-4-9-22-19(23-10-8-17-5-3-12-26-17)24-14-15-13-16(20)6-7-18(15)21/h3,5-7,12-13H,2,4,8-11,14H2,1H3,(H2,22,23,24). The highest BCUT2D eigenvalue weighted by molar-refractivity contribution is 5.79. The first-order chi connectivity index (χ1) is 12.7. The summed E-state index contributed by atoms with van der Waals surface area (Å²) >= 11 is 0. The summed E-state index contributed by atoms with van der Waals surface area (Å²) in [4.78, 5) is 4.35. The molecule has 0 saturated heterocycles. The largest absolute Gasteiger partial charge is 0.469 e. The fraction of sp³-hybridized carbons (Fsp3) is 0.421. The molecule has 0 fully saturated rings. The second-order valence-corrected chi connectivity index (χ2v) is 5.63. The van der Waals surface area contributed by atoms with Gasteiger partial charge in [-0.1, -0.05) is 0 Å². The predicted molar refractivity (Wildman–Crippen MR) is 97.0 cm³/mol. The molecule has 2 rings (SSSR count). The molecule has 7 heteroatoms. The number of nitrogens with one attached hydrogen (secondary N) is 2. The average molecular weight is 365 g/mol. The lowest BCUT2D eigenvalue weighted by Crippen LogP contribution is -2.39. The predicted octanol–water partition coefficient (Wildman–Crippen LogP) is 3.26. The summed E-state index contributed by atoms with van der Waals surface area (Å²) in [6.45, 7) is 4.60. The van der Waals surface area contributed by atoms with Crippen LogP contribution in [0.2, 0.25) is 0 Å². The molecule has 0 atom stereocenters. The average Bonchev–Trinajstić information content (AvgIpc) is 3.15. The highest BCUT2D eigenvalue weighted by Crippen LogP contribution is 2.10. The number of nitrogens with zero attached hydrogens (tertiary/aromatic N) is 1. The molecule has 0 aliphatic rings. The normalized spacial score (nSPS) is 11.6. The van der Waals surface area contributed by atoms with Crippen molar-refractivity contribution in [3.8, 4) is 0 Å². The van der Waals surface area contributed by atoms with Crippen LogP contribution in [0.15, 0.2) is 46.0 Å². The third-order valence-electron chi connectivity index (χ3n) is 3.62. The number of hydrogen-bond acceptors (Lipinski definition) is 3. The number of rotatable bonds is 10. The zero-order valence-electron chi connectivity index (χ0n) is 14.9. The molecule has 0 bridgehead atoms. The summed E-state index contributed by atoms with van der Waals surface area (Å²) in [6, 6.07) is 7.10. The Morgan fingerprint density at radius 2 is 2.04 bits per heavy atom. The minimum atomic E-state index is -0.478. The summed E-state index contributed by atoms with van der Waals surface area (Å²) in [7, 11) is 0. The molecule has 0 aliphatic carbocycles. The topological polar surface area (TPSA) is 58.8 Å². The van der Waals surface area contributed by atoms with Crippen molar-refractivity contribution in [1.82, 2.24) is 10.6 Å². The van der Waals surface area contributed by atoms with Crippen LogP contribution in [-0.2, 0) is 17.7 Å². The summed E-state index contributed by atoms with van der Waals surface area (Å²) in [5.74, 6) is 0.455. The zero-order valence-corrected chi connectivity index (χ0v) is 14.9. The van der Waals surface area contributed by atoms with Crippen molar-refractivity contribution in [3.63, 3.8) is 0 Å². The first-order valence-corrected chi connectivity index (χ1v) is 8.75. The van der Waals surface area contributed by atoms with E-state index in [1.165, 1.54) is 0 Å². The van der Waals surface area contributed by atoms with Gasteiger partial charge in [0.1, 0.15) is 17.4 Å². The molecule has 0 unspecified atom stereocenters. The van der Waals surface area contributed by atoms with Crippen LogP contribution < -0.4 is 10.6 Å². The van der Waals surface area contributed by atoms with Gasteiger partial charge in [-0.3, -0.25) is 0 Å². The Morgan fingerprint density at radius 3 is 2.81 bits per heavy atom. The van der Waals surface area contributed by atoms with Crippen molar-refractivity contribution in [1.29, 1.82) is 0 Å². The van der Waals surface area contributed by atoms with Crippen LogP contribution in [0.1, 0.15) is 24.7 Å². The Morgan fingerprint density at radius 1 is 1.19 bits per heavy atom. The maximum absolute atomic E-state index is 13.7. The number of benzene rings is 1. The Bertz CT molecular complexity index is 675. The molecule has 1 aromatic heterocycles. The van der Waals surface area contributed by atoms with Crippen molar-refractivity contribution < 1.29 is 17.9 Å². The van der Waals surface area contributed by atoms with Crippen molar-refractivity contribution in [2.75, 3.05) is 26.3 Å². The minimum absolute atomic E-state index is 0.0468. The van der Waals surface area contributed by atoms with Crippen molar-refractivity contribution in [3.05, 3.63) is 59.6 Å². The number of ether oxygens (including phenoxy) is 1. The Hall–Kier alpha value is -2.41. The van der Waals surface area contributed by atoms with E-state index in [-0.39, 0.29) is 12.1 Å². The molecule has 0 amide bonds. The van der Waals surface area contributed by atoms with Gasteiger partial charge in [0.05, 0.1) is 12.8 Å². The van der Waals surface area contributed by atoms with E-state index in [2.05, 4.69) is 15.6 Å². The van der Waals surface area contributed by atoms with Crippen molar-refractivity contribution in [2.45, 2.75) is 26.3 Å². The number of halogens is 2. The number of hydrogen-bond donors (Lipinski definition) is 2. The maximum atomic E-state index is 13.7. The molecule has 0 saturated carbocycles. The van der Waals surface area contributed by atoms with Gasteiger partial charge >= 0.3 is 0 Å². The summed E-state index contributed by atoms with van der Waals surface area (Å²) in [5, 5.41) is 6.35. The van der Waals surface area contributed by atoms with Gasteiger partial charge < -0.3 is 19.8 Å². The van der Waals surface area contributed by atoms with E-state index in [1.807, 2.05) is 19.1 Å². The fourth-order valence-corrected chi connectivity index (χ4v) is 2.29. The van der Waals surface area contributed by atoms with Crippen LogP contribution in [0.25, 0.3) is 0 Å². The van der Waals surface area contributed by atoms with Gasteiger partial charge in [-0.25, -0.2) is 13.8 Å². The highest BCUT2D eigenvalue weighted by atomic mass is 19.1. The van der Waals surface area contributed by atoms with Gasteiger partial charge in [0.25, 0.3) is 0 Å². The quantitative estimate of drug-likeness (QED) is 0.385. The molecule has 2 N–H and O–H groups in total. The maximum Gasteiger partial charge on any atom is 0.191 e. The van der Waals surface area contributed by atoms with Gasteiger partial charge in [-0.15, -0.1) is 0 Å². The van der Waals surface area contributed by atoms with Crippen molar-refractivity contribution in [2.24, 2.45) is 4.99 Å². The Balaban J connectivity index is 1.90. The molecule has 1 aromatic carbocycles. The smallest absolute Gasteiger partial charge is 0.191 e. The van der Waals surface area contributed by atoms with Gasteiger partial charge in [0.2, 0.25) is 0 Å². The third-order valence-corrected chi connectivity index (χ3v) is 3.62. The van der Waals surface area contributed by atoms with E-state index in [4.69, 9.17) is 9.15 Å². The van der Waals surface area contributed by atoms with Crippen LogP contribution in [-0.4, -0.2) is 32.3 Å². The highest BCUT2D eigenvalue weighted by Gasteiger charge is 2.05. The van der Waals surface area contributed by atoms with Gasteiger partial charge in [0.15, 0.2) is 5.96 Å². The number of furan rings is 1. The lowest BCUT2D eigenvalue weighted by atomic mass is 10.2. The SMILES string of the molecule is CCOCCCNC(=NCc1cc(F)ccc1F)NCCc1ccco1. The molecule has 0 spiro atoms. The minimum Gasteiger partial charge on any atom is -0.469 e. The molecule has 26 heavy (non-hydrogen) atoms. The van der Waals surface area contributed by atoms with Crippen molar-refractivity contribution >= 4 is 5.96 Å². The van der Waals surface area contributed by atoms with E-state index < -0.39 is 11.6 Å². The van der Waals surface area contributed by atoms with E-state index in [9.17, 15) is 8.78 Å². The molecular formula is C19H25F2N3O2. The molecule has 2 aromatic rings. The molecular weight excluding hydrogens is 340 g/mol. The van der Waals surface area contributed by atoms with Crippen LogP contribution >= 0.6 is 0 Å². The molecule has 1 heterocycles. The van der Waals surface area contributed by atoms with E-state index in [0.29, 0.717) is 38.7 Å². The monoisotopic (exact) mass is 365 g/mol. The molecule has 5 nitrogen and oxygen atoms in total. The summed E-state index contributed by atoms with van der Waals surface area (Å²) < 4.78 is 37.6.